The third-order valence-corrected chi connectivity index (χ3v) is 3.82. The highest BCUT2D eigenvalue weighted by Gasteiger charge is 2.14. The number of hydrogen-bond donors (Lipinski definition) is 0. The van der Waals surface area contributed by atoms with Gasteiger partial charge in [0.2, 0.25) is 0 Å². The molecule has 0 atom stereocenters. The minimum Gasteiger partial charge on any atom is -0.496 e. The van der Waals surface area contributed by atoms with Gasteiger partial charge in [-0.15, -0.1) is 0 Å². The quantitative estimate of drug-likeness (QED) is 0.725. The molecular weight excluding hydrogens is 336 g/mol. The van der Waals surface area contributed by atoms with Gasteiger partial charge in [-0.25, -0.2) is 14.8 Å². The van der Waals surface area contributed by atoms with E-state index in [0.717, 1.165) is 15.8 Å². The molecule has 0 unspecified atom stereocenters. The number of aryl methyl sites for hydroxylation is 1. The number of nitrogens with zero attached hydrogens (tertiary/aromatic N) is 4. The molecule has 21 heavy (non-hydrogen) atoms. The van der Waals surface area contributed by atoms with Crippen LogP contribution in [0.3, 0.4) is 0 Å². The molecule has 108 valence electrons. The molecule has 0 saturated heterocycles. The maximum Gasteiger partial charge on any atom is 0.331 e. The number of ether oxygens (including phenoxy) is 1. The molecule has 3 aromatic rings. The zero-order valence-corrected chi connectivity index (χ0v) is 13.2. The molecule has 0 saturated carbocycles. The Morgan fingerprint density at radius 1 is 1.24 bits per heavy atom. The maximum atomic E-state index is 12.4. The molecule has 1 aromatic carbocycles. The number of benzene rings is 1. The molecule has 2 heterocycles. The first-order valence-corrected chi connectivity index (χ1v) is 7.09. The number of methoxy groups -OCH3 is 1. The molecule has 2 aromatic heterocycles. The average molecular weight is 349 g/mol. The monoisotopic (exact) mass is 348 g/mol. The third kappa shape index (κ3) is 2.33. The van der Waals surface area contributed by atoms with Crippen molar-refractivity contribution in [2.24, 2.45) is 7.05 Å². The van der Waals surface area contributed by atoms with Gasteiger partial charge in [-0.05, 0) is 18.2 Å². The van der Waals surface area contributed by atoms with E-state index in [4.69, 9.17) is 4.74 Å². The minimum absolute atomic E-state index is 0.154. The number of imidazole rings is 1. The predicted molar refractivity (Wildman–Crippen MR) is 82.6 cm³/mol. The summed E-state index contributed by atoms with van der Waals surface area (Å²) in [5.74, 6) is 0.728. The van der Waals surface area contributed by atoms with E-state index in [-0.39, 0.29) is 5.69 Å². The van der Waals surface area contributed by atoms with Crippen LogP contribution in [0.4, 0.5) is 0 Å². The van der Waals surface area contributed by atoms with Gasteiger partial charge in [-0.2, -0.15) is 0 Å². The number of rotatable bonds is 3. The molecule has 3 rings (SSSR count). The van der Waals surface area contributed by atoms with Gasteiger partial charge in [-0.3, -0.25) is 9.13 Å². The van der Waals surface area contributed by atoms with Crippen LogP contribution < -0.4 is 10.4 Å². The van der Waals surface area contributed by atoms with Gasteiger partial charge in [0.1, 0.15) is 5.75 Å². The Morgan fingerprint density at radius 3 is 2.67 bits per heavy atom. The van der Waals surface area contributed by atoms with Crippen LogP contribution in [0, 0.1) is 0 Å². The summed E-state index contributed by atoms with van der Waals surface area (Å²) in [6.07, 6.45) is 3.15. The predicted octanol–water partition coefficient (Wildman–Crippen LogP) is 1.95. The van der Waals surface area contributed by atoms with Crippen molar-refractivity contribution in [1.29, 1.82) is 0 Å². The normalized spacial score (nSPS) is 11.0. The Balaban J connectivity index is 2.17. The van der Waals surface area contributed by atoms with Crippen molar-refractivity contribution >= 4 is 27.2 Å². The van der Waals surface area contributed by atoms with E-state index in [1.54, 1.807) is 31.1 Å². The Labute approximate surface area is 129 Å². The lowest BCUT2D eigenvalue weighted by Gasteiger charge is -2.09. The lowest BCUT2D eigenvalue weighted by molar-refractivity contribution is 0.408. The van der Waals surface area contributed by atoms with E-state index in [9.17, 15) is 4.79 Å². The SMILES string of the molecule is COc1ccc(Br)cc1Cn1c(=O)n(C)c2nccnc21. The number of halogens is 1. The molecule has 0 N–H and O–H groups in total. The summed E-state index contributed by atoms with van der Waals surface area (Å²) in [4.78, 5) is 20.8. The van der Waals surface area contributed by atoms with Gasteiger partial charge in [0.25, 0.3) is 0 Å². The molecule has 0 radical (unpaired) electrons. The highest BCUT2D eigenvalue weighted by Crippen LogP contribution is 2.24. The van der Waals surface area contributed by atoms with Crippen LogP contribution in [0.5, 0.6) is 5.75 Å². The highest BCUT2D eigenvalue weighted by molar-refractivity contribution is 9.10. The fourth-order valence-corrected chi connectivity index (χ4v) is 2.70. The molecule has 0 aliphatic rings. The number of aromatic nitrogens is 4. The first kappa shape index (κ1) is 13.8. The lowest BCUT2D eigenvalue weighted by atomic mass is 10.2. The molecule has 0 aliphatic heterocycles. The second-order valence-corrected chi connectivity index (χ2v) is 5.50. The first-order valence-electron chi connectivity index (χ1n) is 6.30. The highest BCUT2D eigenvalue weighted by atomic mass is 79.9. The van der Waals surface area contributed by atoms with Gasteiger partial charge in [0.15, 0.2) is 11.3 Å². The fourth-order valence-electron chi connectivity index (χ4n) is 2.30. The summed E-state index contributed by atoms with van der Waals surface area (Å²) in [6, 6.07) is 5.69. The van der Waals surface area contributed by atoms with Crippen LogP contribution in [-0.2, 0) is 13.6 Å². The molecule has 6 nitrogen and oxygen atoms in total. The molecule has 0 aliphatic carbocycles. The van der Waals surface area contributed by atoms with Crippen molar-refractivity contribution < 1.29 is 4.74 Å². The van der Waals surface area contributed by atoms with E-state index in [0.29, 0.717) is 17.8 Å². The van der Waals surface area contributed by atoms with E-state index in [1.807, 2.05) is 18.2 Å². The van der Waals surface area contributed by atoms with Gasteiger partial charge in [-0.1, -0.05) is 15.9 Å². The summed E-state index contributed by atoms with van der Waals surface area (Å²) in [7, 11) is 3.30. The summed E-state index contributed by atoms with van der Waals surface area (Å²) < 4.78 is 9.36. The van der Waals surface area contributed by atoms with E-state index < -0.39 is 0 Å². The molecule has 0 bridgehead atoms. The van der Waals surface area contributed by atoms with Gasteiger partial charge in [0, 0.05) is 29.5 Å². The summed E-state index contributed by atoms with van der Waals surface area (Å²) in [5, 5.41) is 0. The second-order valence-electron chi connectivity index (χ2n) is 4.59. The summed E-state index contributed by atoms with van der Waals surface area (Å²) in [5.41, 5.74) is 1.87. The van der Waals surface area contributed by atoms with Crippen LogP contribution in [0.2, 0.25) is 0 Å². The van der Waals surface area contributed by atoms with E-state index >= 15 is 0 Å². The molecule has 0 fully saturated rings. The topological polar surface area (TPSA) is 61.9 Å². The van der Waals surface area contributed by atoms with E-state index in [1.165, 1.54) is 4.57 Å². The molecular formula is C14H13BrN4O2. The zero-order chi connectivity index (χ0) is 15.0. The number of hydrogen-bond acceptors (Lipinski definition) is 4. The Morgan fingerprint density at radius 2 is 1.95 bits per heavy atom. The zero-order valence-electron chi connectivity index (χ0n) is 11.6. The van der Waals surface area contributed by atoms with Crippen molar-refractivity contribution in [3.63, 3.8) is 0 Å². The Kier molecular flexibility index (Phi) is 3.50. The smallest absolute Gasteiger partial charge is 0.331 e. The molecule has 0 amide bonds. The van der Waals surface area contributed by atoms with Crippen molar-refractivity contribution in [1.82, 2.24) is 19.1 Å². The van der Waals surface area contributed by atoms with Crippen molar-refractivity contribution in [3.05, 3.63) is 51.1 Å². The van der Waals surface area contributed by atoms with Crippen LogP contribution in [0.25, 0.3) is 11.3 Å². The lowest BCUT2D eigenvalue weighted by Crippen LogP contribution is -2.23. The summed E-state index contributed by atoms with van der Waals surface area (Å²) in [6.45, 7) is 0.373. The first-order chi connectivity index (χ1) is 10.1. The molecule has 0 spiro atoms. The van der Waals surface area contributed by atoms with Crippen molar-refractivity contribution in [2.45, 2.75) is 6.54 Å². The second kappa shape index (κ2) is 5.33. The maximum absolute atomic E-state index is 12.4. The van der Waals surface area contributed by atoms with Crippen LogP contribution >= 0.6 is 15.9 Å². The third-order valence-electron chi connectivity index (χ3n) is 3.32. The van der Waals surface area contributed by atoms with Gasteiger partial charge in [0.05, 0.1) is 13.7 Å². The number of fused-ring (bicyclic) bond motifs is 1. The van der Waals surface area contributed by atoms with Crippen molar-refractivity contribution in [3.8, 4) is 5.75 Å². The Hall–Kier alpha value is -2.15. The van der Waals surface area contributed by atoms with Gasteiger partial charge >= 0.3 is 5.69 Å². The largest absolute Gasteiger partial charge is 0.496 e. The average Bonchev–Trinajstić information content (AvgIpc) is 2.73. The van der Waals surface area contributed by atoms with Gasteiger partial charge < -0.3 is 4.74 Å². The Bertz CT molecular complexity index is 869. The van der Waals surface area contributed by atoms with Crippen molar-refractivity contribution in [2.75, 3.05) is 7.11 Å². The summed E-state index contributed by atoms with van der Waals surface area (Å²) >= 11 is 3.44. The van der Waals surface area contributed by atoms with Crippen LogP contribution in [-0.4, -0.2) is 26.2 Å². The van der Waals surface area contributed by atoms with Crippen LogP contribution in [0.15, 0.2) is 39.9 Å². The minimum atomic E-state index is -0.154. The van der Waals surface area contributed by atoms with Crippen LogP contribution in [0.1, 0.15) is 5.56 Å². The standard InChI is InChI=1S/C14H13BrN4O2/c1-18-12-13(17-6-5-16-12)19(14(18)20)8-9-7-10(15)3-4-11(9)21-2/h3-7H,8H2,1-2H3. The fraction of sp³-hybridized carbons (Fsp3) is 0.214. The molecule has 7 heteroatoms. The van der Waals surface area contributed by atoms with E-state index in [2.05, 4.69) is 25.9 Å².